The number of hydrogen-bond acceptors (Lipinski definition) is 7. The molecule has 5 aromatic heterocycles. The Morgan fingerprint density at radius 2 is 1.27 bits per heavy atom. The smallest absolute Gasteiger partial charge is 0.233 e. The highest BCUT2D eigenvalue weighted by molar-refractivity contribution is 6.32. The van der Waals surface area contributed by atoms with Gasteiger partial charge in [0.05, 0.1) is 43.8 Å². The standard InChI is InChI=1S/C24H24FN5O.C15H17ClFN3/c1-16-5-8-20(19-13-26-30(14-19)15-24(25)9-3-4-10-24)23(27-16)18-7-6-17-12-22(31-2)29-28-21(17)11-18;1-11-4-5-13(14(16)19-11)12-8-18-20(9-12)10-15(17)6-2-3-7-15/h5-8,11-14H,3-4,9-10,15H2,1-2H3;4-5,8-9H,2-3,6-7,10H2,1H3. The molecule has 2 aliphatic rings. The minimum absolute atomic E-state index is 0.301. The fourth-order valence-corrected chi connectivity index (χ4v) is 7.41. The van der Waals surface area contributed by atoms with Crippen LogP contribution in [0.1, 0.15) is 62.8 Å². The SMILES string of the molecule is COc1cc2ccc(-c3nc(C)ccc3-c3cnn(CC4(F)CCCC4)c3)cc2nn1.Cc1ccc(-c2cnn(CC3(F)CCCC3)c2)c(Cl)n1. The Morgan fingerprint density at radius 3 is 1.86 bits per heavy atom. The highest BCUT2D eigenvalue weighted by Crippen LogP contribution is 2.37. The highest BCUT2D eigenvalue weighted by Gasteiger charge is 2.35. The Morgan fingerprint density at radius 1 is 0.706 bits per heavy atom. The lowest BCUT2D eigenvalue weighted by Crippen LogP contribution is -2.25. The second kappa shape index (κ2) is 14.5. The van der Waals surface area contributed by atoms with Crippen LogP contribution in [0.15, 0.2) is 73.3 Å². The van der Waals surface area contributed by atoms with Crippen LogP contribution in [0, 0.1) is 13.8 Å². The molecule has 0 bridgehead atoms. The number of aromatic nitrogens is 8. The molecule has 6 aromatic rings. The Balaban J connectivity index is 0.000000175. The van der Waals surface area contributed by atoms with E-state index in [1.54, 1.807) is 28.9 Å². The number of fused-ring (bicyclic) bond motifs is 1. The van der Waals surface area contributed by atoms with Crippen LogP contribution in [0.4, 0.5) is 8.78 Å². The lowest BCUT2D eigenvalue weighted by Gasteiger charge is -2.18. The number of pyridine rings is 2. The van der Waals surface area contributed by atoms with Crippen molar-refractivity contribution in [3.63, 3.8) is 0 Å². The van der Waals surface area contributed by atoms with Crippen molar-refractivity contribution in [3.8, 4) is 39.4 Å². The van der Waals surface area contributed by atoms with Crippen molar-refractivity contribution in [2.24, 2.45) is 0 Å². The first-order chi connectivity index (χ1) is 24.6. The predicted octanol–water partition coefficient (Wildman–Crippen LogP) is 9.34. The van der Waals surface area contributed by atoms with Gasteiger partial charge in [-0.1, -0.05) is 55.5 Å². The maximum Gasteiger partial charge on any atom is 0.233 e. The van der Waals surface area contributed by atoms with E-state index in [0.29, 0.717) is 49.8 Å². The Kier molecular flexibility index (Phi) is 9.83. The molecule has 5 heterocycles. The molecule has 0 amide bonds. The van der Waals surface area contributed by atoms with E-state index < -0.39 is 11.3 Å². The van der Waals surface area contributed by atoms with Crippen LogP contribution in [0.2, 0.25) is 5.15 Å². The van der Waals surface area contributed by atoms with Crippen molar-refractivity contribution in [1.82, 2.24) is 39.7 Å². The minimum Gasteiger partial charge on any atom is -0.480 e. The molecule has 0 unspecified atom stereocenters. The summed E-state index contributed by atoms with van der Waals surface area (Å²) in [7, 11) is 1.57. The van der Waals surface area contributed by atoms with Crippen LogP contribution in [-0.4, -0.2) is 58.2 Å². The molecule has 0 saturated heterocycles. The van der Waals surface area contributed by atoms with Crippen LogP contribution < -0.4 is 4.74 Å². The molecule has 51 heavy (non-hydrogen) atoms. The molecule has 264 valence electrons. The first-order valence-electron chi connectivity index (χ1n) is 17.4. The van der Waals surface area contributed by atoms with Gasteiger partial charge < -0.3 is 4.74 Å². The average Bonchev–Trinajstić information content (AvgIpc) is 3.95. The second-order valence-corrected chi connectivity index (χ2v) is 14.2. The van der Waals surface area contributed by atoms with Gasteiger partial charge in [0.1, 0.15) is 16.5 Å². The quantitative estimate of drug-likeness (QED) is 0.145. The molecule has 1 aromatic carbocycles. The van der Waals surface area contributed by atoms with Crippen LogP contribution in [0.3, 0.4) is 0 Å². The Hall–Kier alpha value is -4.77. The van der Waals surface area contributed by atoms with Gasteiger partial charge in [0.15, 0.2) is 0 Å². The van der Waals surface area contributed by atoms with Gasteiger partial charge in [0.2, 0.25) is 5.88 Å². The number of alkyl halides is 2. The number of nitrogens with zero attached hydrogens (tertiary/aromatic N) is 8. The largest absolute Gasteiger partial charge is 0.480 e. The molecule has 2 fully saturated rings. The number of methoxy groups -OCH3 is 1. The van der Waals surface area contributed by atoms with Crippen molar-refractivity contribution in [2.45, 2.75) is 89.6 Å². The molecule has 2 saturated carbocycles. The molecule has 0 N–H and O–H groups in total. The Bertz CT molecular complexity index is 2150. The number of halogens is 3. The zero-order valence-electron chi connectivity index (χ0n) is 29.1. The van der Waals surface area contributed by atoms with Crippen LogP contribution in [-0.2, 0) is 13.1 Å². The van der Waals surface area contributed by atoms with Gasteiger partial charge in [-0.05, 0) is 63.8 Å². The second-order valence-electron chi connectivity index (χ2n) is 13.9. The normalized spacial score (nSPS) is 16.3. The van der Waals surface area contributed by atoms with E-state index in [9.17, 15) is 8.78 Å². The van der Waals surface area contributed by atoms with Crippen molar-refractivity contribution in [2.75, 3.05) is 7.11 Å². The summed E-state index contributed by atoms with van der Waals surface area (Å²) in [6.07, 6.45) is 13.6. The van der Waals surface area contributed by atoms with E-state index >= 15 is 0 Å². The number of benzene rings is 1. The van der Waals surface area contributed by atoms with Gasteiger partial charge in [-0.2, -0.15) is 10.2 Å². The fraction of sp³-hybridized carbons (Fsp3) is 0.385. The topological polar surface area (TPSA) is 96.4 Å². The first kappa shape index (κ1) is 34.7. The third kappa shape index (κ3) is 7.93. The number of rotatable bonds is 8. The average molecular weight is 711 g/mol. The van der Waals surface area contributed by atoms with Gasteiger partial charge in [-0.15, -0.1) is 10.2 Å². The lowest BCUT2D eigenvalue weighted by molar-refractivity contribution is 0.139. The maximum absolute atomic E-state index is 14.9. The molecule has 0 radical (unpaired) electrons. The number of aryl methyl sites for hydroxylation is 2. The summed E-state index contributed by atoms with van der Waals surface area (Å²) in [6, 6.07) is 15.7. The van der Waals surface area contributed by atoms with E-state index in [2.05, 4.69) is 25.4 Å². The number of hydrogen-bond donors (Lipinski definition) is 0. The number of ether oxygens (including phenoxy) is 1. The third-order valence-corrected chi connectivity index (χ3v) is 10.1. The summed E-state index contributed by atoms with van der Waals surface area (Å²) in [5.74, 6) is 0.481. The third-order valence-electron chi connectivity index (χ3n) is 9.85. The molecule has 12 heteroatoms. The van der Waals surface area contributed by atoms with E-state index in [1.807, 2.05) is 74.8 Å². The molecule has 0 aliphatic heterocycles. The van der Waals surface area contributed by atoms with Gasteiger partial charge in [-0.25, -0.2) is 13.8 Å². The molecule has 0 spiro atoms. The Labute approximate surface area is 301 Å². The van der Waals surface area contributed by atoms with Gasteiger partial charge in [-0.3, -0.25) is 14.3 Å². The van der Waals surface area contributed by atoms with Crippen LogP contribution >= 0.6 is 11.6 Å². The van der Waals surface area contributed by atoms with E-state index in [0.717, 1.165) is 81.5 Å². The van der Waals surface area contributed by atoms with Crippen molar-refractivity contribution >= 4 is 22.5 Å². The van der Waals surface area contributed by atoms with E-state index in [1.165, 1.54) is 0 Å². The molecular formula is C39H41ClF2N8O. The fourth-order valence-electron chi connectivity index (χ4n) is 7.11. The minimum atomic E-state index is -1.14. The summed E-state index contributed by atoms with van der Waals surface area (Å²) in [5.41, 5.74) is 5.69. The molecule has 0 atom stereocenters. The molecule has 9 nitrogen and oxygen atoms in total. The molecule has 2 aliphatic carbocycles. The molecular weight excluding hydrogens is 670 g/mol. The molecule has 8 rings (SSSR count). The van der Waals surface area contributed by atoms with Crippen LogP contribution in [0.25, 0.3) is 44.4 Å². The summed E-state index contributed by atoms with van der Waals surface area (Å²) in [5, 5.41) is 18.4. The summed E-state index contributed by atoms with van der Waals surface area (Å²) in [6.45, 7) is 4.49. The summed E-state index contributed by atoms with van der Waals surface area (Å²) >= 11 is 6.15. The van der Waals surface area contributed by atoms with Gasteiger partial charge in [0.25, 0.3) is 0 Å². The van der Waals surface area contributed by atoms with Crippen LogP contribution in [0.5, 0.6) is 5.88 Å². The van der Waals surface area contributed by atoms with Crippen molar-refractivity contribution in [3.05, 3.63) is 89.9 Å². The zero-order valence-corrected chi connectivity index (χ0v) is 29.9. The zero-order chi connectivity index (χ0) is 35.6. The first-order valence-corrected chi connectivity index (χ1v) is 17.8. The van der Waals surface area contributed by atoms with E-state index in [4.69, 9.17) is 21.3 Å². The summed E-state index contributed by atoms with van der Waals surface area (Å²) < 4.78 is 37.9. The van der Waals surface area contributed by atoms with Crippen molar-refractivity contribution in [1.29, 1.82) is 0 Å². The van der Waals surface area contributed by atoms with Crippen molar-refractivity contribution < 1.29 is 13.5 Å². The maximum atomic E-state index is 14.9. The van der Waals surface area contributed by atoms with Gasteiger partial charge in [0, 0.05) is 63.1 Å². The predicted molar refractivity (Wildman–Crippen MR) is 195 cm³/mol. The highest BCUT2D eigenvalue weighted by atomic mass is 35.5. The lowest BCUT2D eigenvalue weighted by atomic mass is 10.00. The van der Waals surface area contributed by atoms with E-state index in [-0.39, 0.29) is 0 Å². The summed E-state index contributed by atoms with van der Waals surface area (Å²) in [4.78, 5) is 9.03. The monoisotopic (exact) mass is 710 g/mol. The van der Waals surface area contributed by atoms with Gasteiger partial charge >= 0.3 is 0 Å².